The summed E-state index contributed by atoms with van der Waals surface area (Å²) in [6, 6.07) is -0.0302. The Kier molecular flexibility index (Phi) is 7.42. The Balaban J connectivity index is 3.53. The molecule has 0 aromatic carbocycles. The summed E-state index contributed by atoms with van der Waals surface area (Å²) in [4.78, 5) is 11.3. The normalized spacial score (nSPS) is 14.9. The van der Waals surface area contributed by atoms with Gasteiger partial charge in [0.25, 0.3) is 0 Å². The van der Waals surface area contributed by atoms with Crippen molar-refractivity contribution in [1.82, 2.24) is 5.32 Å². The summed E-state index contributed by atoms with van der Waals surface area (Å²) in [5.74, 6) is 0.00547. The highest BCUT2D eigenvalue weighted by Crippen LogP contribution is 1.93. The zero-order chi connectivity index (χ0) is 11.0. The molecule has 4 heteroatoms. The number of amides is 1. The molecule has 2 unspecified atom stereocenters. The average Bonchev–Trinajstić information content (AvgIpc) is 2.15. The van der Waals surface area contributed by atoms with Crippen LogP contribution >= 0.6 is 0 Å². The van der Waals surface area contributed by atoms with Gasteiger partial charge in [0.1, 0.15) is 0 Å². The van der Waals surface area contributed by atoms with Gasteiger partial charge in [-0.2, -0.15) is 0 Å². The standard InChI is InChI=1S/C10H22N2O2/c1-4-9(11)6-10(13)12-7-8(3)14-5-2/h8-9H,4-7,11H2,1-3H3,(H,12,13). The molecule has 14 heavy (non-hydrogen) atoms. The minimum Gasteiger partial charge on any atom is -0.377 e. The van der Waals surface area contributed by atoms with Crippen molar-refractivity contribution in [1.29, 1.82) is 0 Å². The lowest BCUT2D eigenvalue weighted by Gasteiger charge is -2.13. The molecule has 0 saturated heterocycles. The zero-order valence-corrected chi connectivity index (χ0v) is 9.38. The van der Waals surface area contributed by atoms with E-state index >= 15 is 0 Å². The molecule has 0 aliphatic rings. The van der Waals surface area contributed by atoms with E-state index in [1.54, 1.807) is 0 Å². The third-order valence-corrected chi connectivity index (χ3v) is 2.01. The van der Waals surface area contributed by atoms with Crippen molar-refractivity contribution >= 4 is 5.91 Å². The molecule has 0 aromatic heterocycles. The second kappa shape index (κ2) is 7.76. The molecule has 0 spiro atoms. The Hall–Kier alpha value is -0.610. The van der Waals surface area contributed by atoms with Crippen LogP contribution < -0.4 is 11.1 Å². The first kappa shape index (κ1) is 13.4. The summed E-state index contributed by atoms with van der Waals surface area (Å²) >= 11 is 0. The predicted octanol–water partition coefficient (Wildman–Crippen LogP) is 0.655. The van der Waals surface area contributed by atoms with Crippen LogP contribution in [0, 0.1) is 0 Å². The largest absolute Gasteiger partial charge is 0.377 e. The molecule has 3 N–H and O–H groups in total. The van der Waals surface area contributed by atoms with Crippen LogP contribution in [0.4, 0.5) is 0 Å². The van der Waals surface area contributed by atoms with Gasteiger partial charge in [-0.25, -0.2) is 0 Å². The number of nitrogens with one attached hydrogen (secondary N) is 1. The molecule has 0 aliphatic carbocycles. The van der Waals surface area contributed by atoms with E-state index in [9.17, 15) is 4.79 Å². The number of ether oxygens (including phenoxy) is 1. The number of hydrogen-bond donors (Lipinski definition) is 2. The van der Waals surface area contributed by atoms with E-state index in [0.717, 1.165) is 6.42 Å². The van der Waals surface area contributed by atoms with Gasteiger partial charge in [-0.15, -0.1) is 0 Å². The Labute approximate surface area is 86.2 Å². The third-order valence-electron chi connectivity index (χ3n) is 2.01. The lowest BCUT2D eigenvalue weighted by atomic mass is 10.1. The van der Waals surface area contributed by atoms with E-state index in [2.05, 4.69) is 5.32 Å². The minimum atomic E-state index is -0.0302. The van der Waals surface area contributed by atoms with Gasteiger partial charge in [-0.3, -0.25) is 4.79 Å². The fourth-order valence-electron chi connectivity index (χ4n) is 1.06. The second-order valence-electron chi connectivity index (χ2n) is 3.44. The molecule has 0 aromatic rings. The summed E-state index contributed by atoms with van der Waals surface area (Å²) < 4.78 is 5.28. The maximum atomic E-state index is 11.3. The molecular formula is C10H22N2O2. The summed E-state index contributed by atoms with van der Waals surface area (Å²) in [6.45, 7) is 7.07. The van der Waals surface area contributed by atoms with Gasteiger partial charge in [-0.05, 0) is 20.3 Å². The highest BCUT2D eigenvalue weighted by molar-refractivity contribution is 5.76. The van der Waals surface area contributed by atoms with Gasteiger partial charge in [0.05, 0.1) is 6.10 Å². The SMILES string of the molecule is CCOC(C)CNC(=O)CC(N)CC. The minimum absolute atomic E-state index is 0.00547. The van der Waals surface area contributed by atoms with Gasteiger partial charge < -0.3 is 15.8 Å². The average molecular weight is 202 g/mol. The van der Waals surface area contributed by atoms with Gasteiger partial charge in [0, 0.05) is 25.6 Å². The van der Waals surface area contributed by atoms with E-state index in [4.69, 9.17) is 10.5 Å². The Morgan fingerprint density at radius 1 is 1.50 bits per heavy atom. The van der Waals surface area contributed by atoms with Crippen LogP contribution in [-0.4, -0.2) is 31.2 Å². The number of carbonyl (C=O) groups is 1. The van der Waals surface area contributed by atoms with Crippen molar-refractivity contribution in [2.45, 2.75) is 45.8 Å². The Morgan fingerprint density at radius 2 is 2.14 bits per heavy atom. The van der Waals surface area contributed by atoms with Crippen molar-refractivity contribution < 1.29 is 9.53 Å². The van der Waals surface area contributed by atoms with E-state index in [1.165, 1.54) is 0 Å². The quantitative estimate of drug-likeness (QED) is 0.637. The molecule has 0 fully saturated rings. The summed E-state index contributed by atoms with van der Waals surface area (Å²) in [6.07, 6.45) is 1.30. The van der Waals surface area contributed by atoms with Crippen LogP contribution in [-0.2, 0) is 9.53 Å². The van der Waals surface area contributed by atoms with Crippen LogP contribution in [0.25, 0.3) is 0 Å². The molecule has 4 nitrogen and oxygen atoms in total. The maximum Gasteiger partial charge on any atom is 0.221 e. The van der Waals surface area contributed by atoms with Crippen LogP contribution in [0.1, 0.15) is 33.6 Å². The number of rotatable bonds is 7. The van der Waals surface area contributed by atoms with Crippen LogP contribution in [0.5, 0.6) is 0 Å². The highest BCUT2D eigenvalue weighted by atomic mass is 16.5. The Morgan fingerprint density at radius 3 is 2.64 bits per heavy atom. The lowest BCUT2D eigenvalue weighted by Crippen LogP contribution is -2.35. The fourth-order valence-corrected chi connectivity index (χ4v) is 1.06. The molecule has 1 amide bonds. The zero-order valence-electron chi connectivity index (χ0n) is 9.38. The van der Waals surface area contributed by atoms with Crippen molar-refractivity contribution in [3.05, 3.63) is 0 Å². The van der Waals surface area contributed by atoms with Gasteiger partial charge >= 0.3 is 0 Å². The fraction of sp³-hybridized carbons (Fsp3) is 0.900. The van der Waals surface area contributed by atoms with Gasteiger partial charge in [0.15, 0.2) is 0 Å². The predicted molar refractivity (Wildman–Crippen MR) is 57.0 cm³/mol. The smallest absolute Gasteiger partial charge is 0.221 e. The molecular weight excluding hydrogens is 180 g/mol. The topological polar surface area (TPSA) is 64.3 Å². The first-order valence-electron chi connectivity index (χ1n) is 5.24. The number of nitrogens with two attached hydrogens (primary N) is 1. The monoisotopic (exact) mass is 202 g/mol. The Bertz CT molecular complexity index is 162. The lowest BCUT2D eigenvalue weighted by molar-refractivity contribution is -0.122. The number of carbonyl (C=O) groups excluding carboxylic acids is 1. The molecule has 0 aliphatic heterocycles. The van der Waals surface area contributed by atoms with Crippen LogP contribution in [0.15, 0.2) is 0 Å². The van der Waals surface area contributed by atoms with Crippen LogP contribution in [0.3, 0.4) is 0 Å². The van der Waals surface area contributed by atoms with Gasteiger partial charge in [0.2, 0.25) is 5.91 Å². The first-order valence-corrected chi connectivity index (χ1v) is 5.24. The van der Waals surface area contributed by atoms with E-state index in [0.29, 0.717) is 19.6 Å². The molecule has 0 radical (unpaired) electrons. The second-order valence-corrected chi connectivity index (χ2v) is 3.44. The van der Waals surface area contributed by atoms with Crippen molar-refractivity contribution in [3.63, 3.8) is 0 Å². The van der Waals surface area contributed by atoms with E-state index in [1.807, 2.05) is 20.8 Å². The first-order chi connectivity index (χ1) is 6.60. The highest BCUT2D eigenvalue weighted by Gasteiger charge is 2.08. The number of hydrogen-bond acceptors (Lipinski definition) is 3. The molecule has 84 valence electrons. The van der Waals surface area contributed by atoms with Crippen LogP contribution in [0.2, 0.25) is 0 Å². The summed E-state index contributed by atoms with van der Waals surface area (Å²) in [7, 11) is 0. The van der Waals surface area contributed by atoms with Crippen molar-refractivity contribution in [3.8, 4) is 0 Å². The molecule has 0 bridgehead atoms. The third kappa shape index (κ3) is 6.86. The summed E-state index contributed by atoms with van der Waals surface area (Å²) in [5, 5.41) is 2.79. The molecule has 2 atom stereocenters. The summed E-state index contributed by atoms with van der Waals surface area (Å²) in [5.41, 5.74) is 5.65. The molecule has 0 saturated carbocycles. The van der Waals surface area contributed by atoms with Gasteiger partial charge in [-0.1, -0.05) is 6.92 Å². The molecule has 0 rings (SSSR count). The maximum absolute atomic E-state index is 11.3. The van der Waals surface area contributed by atoms with Crippen molar-refractivity contribution in [2.75, 3.05) is 13.2 Å². The molecule has 0 heterocycles. The van der Waals surface area contributed by atoms with E-state index < -0.39 is 0 Å². The van der Waals surface area contributed by atoms with E-state index in [-0.39, 0.29) is 18.1 Å². The van der Waals surface area contributed by atoms with Crippen molar-refractivity contribution in [2.24, 2.45) is 5.73 Å².